The molecule has 0 aliphatic heterocycles. The van der Waals surface area contributed by atoms with Gasteiger partial charge in [-0.3, -0.25) is 4.79 Å². The van der Waals surface area contributed by atoms with Gasteiger partial charge >= 0.3 is 0 Å². The van der Waals surface area contributed by atoms with Gasteiger partial charge in [0.05, 0.1) is 12.3 Å². The van der Waals surface area contributed by atoms with E-state index in [4.69, 9.17) is 15.0 Å². The van der Waals surface area contributed by atoms with Crippen LogP contribution in [0.15, 0.2) is 41.1 Å². The smallest absolute Gasteiger partial charge is 0.262 e. The second kappa shape index (κ2) is 7.86. The molecule has 0 spiro atoms. The first-order chi connectivity index (χ1) is 13.0. The van der Waals surface area contributed by atoms with E-state index in [-0.39, 0.29) is 11.6 Å². The second-order valence-corrected chi connectivity index (χ2v) is 5.89. The highest BCUT2D eigenvalue weighted by Crippen LogP contribution is 2.34. The Morgan fingerprint density at radius 3 is 2.78 bits per heavy atom. The van der Waals surface area contributed by atoms with E-state index in [0.29, 0.717) is 34.7 Å². The highest BCUT2D eigenvalue weighted by atomic mass is 19.1. The molecule has 0 atom stereocenters. The van der Waals surface area contributed by atoms with E-state index in [1.807, 2.05) is 6.92 Å². The molecule has 0 fully saturated rings. The highest BCUT2D eigenvalue weighted by Gasteiger charge is 2.16. The van der Waals surface area contributed by atoms with Gasteiger partial charge in [-0.15, -0.1) is 0 Å². The molecule has 27 heavy (non-hydrogen) atoms. The Labute approximate surface area is 155 Å². The predicted octanol–water partition coefficient (Wildman–Crippen LogP) is 3.81. The number of nitrogens with one attached hydrogen (secondary N) is 1. The van der Waals surface area contributed by atoms with Gasteiger partial charge in [0.25, 0.3) is 5.91 Å². The number of hydrogen-bond acceptors (Lipinski definition) is 6. The number of rotatable bonds is 6. The molecule has 140 valence electrons. The van der Waals surface area contributed by atoms with E-state index < -0.39 is 11.7 Å². The summed E-state index contributed by atoms with van der Waals surface area (Å²) in [6.07, 6.45) is 2.07. The van der Waals surface area contributed by atoms with Gasteiger partial charge in [-0.05, 0) is 43.7 Å². The highest BCUT2D eigenvalue weighted by molar-refractivity contribution is 6.04. The van der Waals surface area contributed by atoms with Crippen molar-refractivity contribution in [2.75, 3.05) is 17.7 Å². The van der Waals surface area contributed by atoms with Crippen LogP contribution in [0, 0.1) is 12.7 Å². The van der Waals surface area contributed by atoms with Crippen LogP contribution >= 0.6 is 0 Å². The van der Waals surface area contributed by atoms with Crippen LogP contribution in [0.25, 0.3) is 11.1 Å². The third kappa shape index (κ3) is 4.05. The van der Waals surface area contributed by atoms with Crippen LogP contribution < -0.4 is 15.8 Å². The lowest BCUT2D eigenvalue weighted by Crippen LogP contribution is -2.14. The number of nitrogens with two attached hydrogens (primary N) is 1. The summed E-state index contributed by atoms with van der Waals surface area (Å²) >= 11 is 0. The van der Waals surface area contributed by atoms with Crippen molar-refractivity contribution in [1.29, 1.82) is 0 Å². The van der Waals surface area contributed by atoms with Crippen LogP contribution in [-0.2, 0) is 0 Å². The second-order valence-electron chi connectivity index (χ2n) is 5.89. The monoisotopic (exact) mass is 370 g/mol. The fourth-order valence-electron chi connectivity index (χ4n) is 2.52. The first-order valence-electron chi connectivity index (χ1n) is 8.41. The average Bonchev–Trinajstić information content (AvgIpc) is 3.07. The number of amides is 1. The fraction of sp³-hybridized carbons (Fsp3) is 0.211. The molecule has 0 saturated heterocycles. The normalized spacial score (nSPS) is 10.6. The van der Waals surface area contributed by atoms with Crippen molar-refractivity contribution in [2.45, 2.75) is 20.3 Å². The number of halogens is 1. The first kappa shape index (κ1) is 18.4. The van der Waals surface area contributed by atoms with Crippen LogP contribution in [0.1, 0.15) is 29.4 Å². The van der Waals surface area contributed by atoms with E-state index in [0.717, 1.165) is 6.42 Å². The summed E-state index contributed by atoms with van der Waals surface area (Å²) in [6.45, 7) is 4.14. The molecule has 1 amide bonds. The minimum absolute atomic E-state index is 0.141. The van der Waals surface area contributed by atoms with Gasteiger partial charge in [-0.25, -0.2) is 9.37 Å². The molecule has 0 aliphatic carbocycles. The standard InChI is InChI=1S/C19H19FN4O3/c1-3-8-26-16-6-4-12(20)9-14(16)13-5-7-17(22-18(13)21)23-19(25)15-10-27-24-11(15)2/h4-7,9-10H,3,8H2,1-2H3,(H3,21,22,23,25). The van der Waals surface area contributed by atoms with Crippen molar-refractivity contribution < 1.29 is 18.4 Å². The SMILES string of the molecule is CCCOc1ccc(F)cc1-c1ccc(NC(=O)c2conc2C)nc1N. The van der Waals surface area contributed by atoms with E-state index >= 15 is 0 Å². The largest absolute Gasteiger partial charge is 0.493 e. The Kier molecular flexibility index (Phi) is 5.35. The van der Waals surface area contributed by atoms with E-state index in [2.05, 4.69) is 15.5 Å². The van der Waals surface area contributed by atoms with Crippen molar-refractivity contribution in [3.05, 3.63) is 53.7 Å². The molecule has 3 N–H and O–H groups in total. The molecule has 8 heteroatoms. The third-order valence-corrected chi connectivity index (χ3v) is 3.85. The molecule has 0 saturated carbocycles. The van der Waals surface area contributed by atoms with Gasteiger partial charge < -0.3 is 20.3 Å². The molecule has 3 rings (SSSR count). The van der Waals surface area contributed by atoms with E-state index in [1.165, 1.54) is 18.4 Å². The van der Waals surface area contributed by atoms with Crippen molar-refractivity contribution in [3.8, 4) is 16.9 Å². The Morgan fingerprint density at radius 1 is 1.30 bits per heavy atom. The number of aromatic nitrogens is 2. The van der Waals surface area contributed by atoms with E-state index in [9.17, 15) is 9.18 Å². The number of hydrogen-bond donors (Lipinski definition) is 2. The fourth-order valence-corrected chi connectivity index (χ4v) is 2.52. The number of nitrogen functional groups attached to an aromatic ring is 1. The molecule has 7 nitrogen and oxygen atoms in total. The number of pyridine rings is 1. The van der Waals surface area contributed by atoms with Gasteiger partial charge in [0.15, 0.2) is 0 Å². The van der Waals surface area contributed by atoms with E-state index in [1.54, 1.807) is 25.1 Å². The zero-order valence-electron chi connectivity index (χ0n) is 15.0. The Morgan fingerprint density at radius 2 is 2.11 bits per heavy atom. The average molecular weight is 370 g/mol. The number of nitrogens with zero attached hydrogens (tertiary/aromatic N) is 2. The van der Waals surface area contributed by atoms with Gasteiger partial charge in [0.2, 0.25) is 0 Å². The van der Waals surface area contributed by atoms with Crippen molar-refractivity contribution in [3.63, 3.8) is 0 Å². The summed E-state index contributed by atoms with van der Waals surface area (Å²) in [4.78, 5) is 16.4. The summed E-state index contributed by atoms with van der Waals surface area (Å²) in [7, 11) is 0. The zero-order chi connectivity index (χ0) is 19.4. The molecule has 0 radical (unpaired) electrons. The van der Waals surface area contributed by atoms with Crippen LogP contribution in [0.2, 0.25) is 0 Å². The Hall–Kier alpha value is -3.42. The number of benzene rings is 1. The van der Waals surface area contributed by atoms with Gasteiger partial charge in [-0.2, -0.15) is 0 Å². The predicted molar refractivity (Wildman–Crippen MR) is 99.0 cm³/mol. The maximum Gasteiger partial charge on any atom is 0.262 e. The van der Waals surface area contributed by atoms with Crippen LogP contribution in [0.5, 0.6) is 5.75 Å². The maximum absolute atomic E-state index is 13.7. The minimum atomic E-state index is -0.411. The lowest BCUT2D eigenvalue weighted by Gasteiger charge is -2.13. The van der Waals surface area contributed by atoms with Crippen LogP contribution in [-0.4, -0.2) is 22.7 Å². The number of ether oxygens (including phenoxy) is 1. The zero-order valence-corrected chi connectivity index (χ0v) is 15.0. The number of carbonyl (C=O) groups is 1. The van der Waals surface area contributed by atoms with Crippen LogP contribution in [0.3, 0.4) is 0 Å². The summed E-state index contributed by atoms with van der Waals surface area (Å²) in [5, 5.41) is 6.29. The number of anilines is 2. The molecular formula is C19H19FN4O3. The summed E-state index contributed by atoms with van der Waals surface area (Å²) in [6, 6.07) is 7.47. The Bertz CT molecular complexity index is 971. The quantitative estimate of drug-likeness (QED) is 0.684. The molecular weight excluding hydrogens is 351 g/mol. The van der Waals surface area contributed by atoms with Crippen molar-refractivity contribution in [1.82, 2.24) is 10.1 Å². The number of aryl methyl sites for hydroxylation is 1. The molecule has 0 bridgehead atoms. The topological polar surface area (TPSA) is 103 Å². The van der Waals surface area contributed by atoms with Crippen LogP contribution in [0.4, 0.5) is 16.0 Å². The van der Waals surface area contributed by atoms with Crippen molar-refractivity contribution >= 4 is 17.5 Å². The summed E-state index contributed by atoms with van der Waals surface area (Å²) in [5.74, 6) is 0.0967. The molecule has 3 aromatic rings. The maximum atomic E-state index is 13.7. The molecule has 2 heterocycles. The van der Waals surface area contributed by atoms with Gasteiger partial charge in [0, 0.05) is 11.1 Å². The van der Waals surface area contributed by atoms with Gasteiger partial charge in [-0.1, -0.05) is 12.1 Å². The Balaban J connectivity index is 1.88. The van der Waals surface area contributed by atoms with Crippen molar-refractivity contribution in [2.24, 2.45) is 0 Å². The minimum Gasteiger partial charge on any atom is -0.493 e. The molecule has 1 aromatic carbocycles. The molecule has 0 aliphatic rings. The summed E-state index contributed by atoms with van der Waals surface area (Å²) in [5.41, 5.74) is 7.84. The van der Waals surface area contributed by atoms with Gasteiger partial charge in [0.1, 0.15) is 35.0 Å². The lowest BCUT2D eigenvalue weighted by atomic mass is 10.1. The molecule has 0 unspecified atom stereocenters. The lowest BCUT2D eigenvalue weighted by molar-refractivity contribution is 0.102. The molecule has 2 aromatic heterocycles. The summed E-state index contributed by atoms with van der Waals surface area (Å²) < 4.78 is 24.2. The number of carbonyl (C=O) groups excluding carboxylic acids is 1. The first-order valence-corrected chi connectivity index (χ1v) is 8.41. The third-order valence-electron chi connectivity index (χ3n) is 3.85.